The van der Waals surface area contributed by atoms with Gasteiger partial charge in [-0.1, -0.05) is 67.6 Å². The molecule has 1 unspecified atom stereocenters. The van der Waals surface area contributed by atoms with E-state index in [1.165, 1.54) is 11.1 Å². The Bertz CT molecular complexity index is 892. The van der Waals surface area contributed by atoms with Gasteiger partial charge in [-0.25, -0.2) is 0 Å². The van der Waals surface area contributed by atoms with Gasteiger partial charge >= 0.3 is 0 Å². The Labute approximate surface area is 179 Å². The zero-order valence-electron chi connectivity index (χ0n) is 17.8. The monoisotopic (exact) mass is 405 g/mol. The summed E-state index contributed by atoms with van der Waals surface area (Å²) in [5.74, 6) is 1.15. The third kappa shape index (κ3) is 7.37. The number of aromatic nitrogens is 2. The fraction of sp³-hybridized carbons (Fsp3) is 0.333. The summed E-state index contributed by atoms with van der Waals surface area (Å²) in [6, 6.07) is 20.6. The van der Waals surface area contributed by atoms with Gasteiger partial charge < -0.3 is 15.4 Å². The summed E-state index contributed by atoms with van der Waals surface area (Å²) in [4.78, 5) is 4.30. The highest BCUT2D eigenvalue weighted by atomic mass is 16.5. The maximum atomic E-state index is 5.82. The minimum absolute atomic E-state index is 0.376. The van der Waals surface area contributed by atoms with Gasteiger partial charge in [0.2, 0.25) is 0 Å². The van der Waals surface area contributed by atoms with Gasteiger partial charge in [-0.2, -0.15) is 5.10 Å². The van der Waals surface area contributed by atoms with E-state index in [4.69, 9.17) is 4.74 Å². The Morgan fingerprint density at radius 1 is 1.00 bits per heavy atom. The van der Waals surface area contributed by atoms with Crippen LogP contribution in [0.5, 0.6) is 0 Å². The van der Waals surface area contributed by atoms with Crippen molar-refractivity contribution in [3.8, 4) is 0 Å². The first kappa shape index (κ1) is 21.6. The van der Waals surface area contributed by atoms with E-state index >= 15 is 0 Å². The van der Waals surface area contributed by atoms with E-state index in [1.807, 2.05) is 47.3 Å². The van der Waals surface area contributed by atoms with Crippen LogP contribution in [0.25, 0.3) is 0 Å². The van der Waals surface area contributed by atoms with Crippen molar-refractivity contribution >= 4 is 5.96 Å². The molecule has 158 valence electrons. The maximum absolute atomic E-state index is 5.82. The Morgan fingerprint density at radius 3 is 2.40 bits per heavy atom. The second kappa shape index (κ2) is 11.8. The Balaban J connectivity index is 1.35. The number of hydrogen-bond donors (Lipinski definition) is 2. The van der Waals surface area contributed by atoms with Crippen LogP contribution in [0.2, 0.25) is 0 Å². The summed E-state index contributed by atoms with van der Waals surface area (Å²) in [5.41, 5.74) is 3.55. The minimum Gasteiger partial charge on any atom is -0.376 e. The van der Waals surface area contributed by atoms with Gasteiger partial charge in [0, 0.05) is 31.9 Å². The number of ether oxygens (including phenoxy) is 1. The van der Waals surface area contributed by atoms with Gasteiger partial charge in [-0.3, -0.25) is 9.67 Å². The van der Waals surface area contributed by atoms with Crippen molar-refractivity contribution in [1.29, 1.82) is 0 Å². The van der Waals surface area contributed by atoms with Gasteiger partial charge in [-0.15, -0.1) is 0 Å². The van der Waals surface area contributed by atoms with Crippen LogP contribution in [0.1, 0.15) is 23.6 Å². The Hall–Kier alpha value is -3.12. The summed E-state index contributed by atoms with van der Waals surface area (Å²) >= 11 is 0. The Kier molecular flexibility index (Phi) is 8.47. The molecule has 0 spiro atoms. The summed E-state index contributed by atoms with van der Waals surface area (Å²) in [6.07, 6.45) is 3.95. The number of hydrogen-bond acceptors (Lipinski definition) is 3. The topological polar surface area (TPSA) is 63.5 Å². The first-order valence-corrected chi connectivity index (χ1v) is 10.3. The molecule has 6 nitrogen and oxygen atoms in total. The van der Waals surface area contributed by atoms with Crippen LogP contribution < -0.4 is 10.6 Å². The lowest BCUT2D eigenvalue weighted by Crippen LogP contribution is -2.39. The van der Waals surface area contributed by atoms with E-state index < -0.39 is 0 Å². The SMILES string of the molecule is CN=C(NCc1cnn(Cc2ccccc2)c1)NCC(C)COCc1ccccc1. The van der Waals surface area contributed by atoms with Crippen molar-refractivity contribution in [2.75, 3.05) is 20.2 Å². The van der Waals surface area contributed by atoms with Crippen LogP contribution in [-0.2, 0) is 24.4 Å². The van der Waals surface area contributed by atoms with Gasteiger partial charge in [0.15, 0.2) is 5.96 Å². The smallest absolute Gasteiger partial charge is 0.191 e. The molecule has 0 saturated carbocycles. The molecular formula is C24H31N5O. The van der Waals surface area contributed by atoms with Gasteiger partial charge in [0.1, 0.15) is 0 Å². The molecule has 30 heavy (non-hydrogen) atoms. The quantitative estimate of drug-likeness (QED) is 0.401. The van der Waals surface area contributed by atoms with E-state index in [9.17, 15) is 0 Å². The van der Waals surface area contributed by atoms with Gasteiger partial charge in [0.25, 0.3) is 0 Å². The highest BCUT2D eigenvalue weighted by molar-refractivity contribution is 5.79. The molecule has 3 aromatic rings. The molecule has 0 saturated heterocycles. The highest BCUT2D eigenvalue weighted by Gasteiger charge is 2.06. The zero-order valence-corrected chi connectivity index (χ0v) is 17.8. The number of nitrogens with one attached hydrogen (secondary N) is 2. The van der Waals surface area contributed by atoms with Crippen LogP contribution in [0.15, 0.2) is 78.0 Å². The lowest BCUT2D eigenvalue weighted by atomic mass is 10.2. The molecule has 0 aliphatic heterocycles. The fourth-order valence-electron chi connectivity index (χ4n) is 3.04. The van der Waals surface area contributed by atoms with Gasteiger partial charge in [-0.05, 0) is 17.0 Å². The third-order valence-corrected chi connectivity index (χ3v) is 4.69. The second-order valence-electron chi connectivity index (χ2n) is 7.44. The zero-order chi connectivity index (χ0) is 21.0. The molecule has 0 fully saturated rings. The highest BCUT2D eigenvalue weighted by Crippen LogP contribution is 2.05. The average molecular weight is 406 g/mol. The van der Waals surface area contributed by atoms with Crippen molar-refractivity contribution in [3.63, 3.8) is 0 Å². The molecule has 0 amide bonds. The van der Waals surface area contributed by atoms with Crippen molar-refractivity contribution in [2.24, 2.45) is 10.9 Å². The lowest BCUT2D eigenvalue weighted by Gasteiger charge is -2.16. The standard InChI is InChI=1S/C24H31N5O/c1-20(18-30-19-22-11-7-4-8-12-22)13-26-24(25-2)27-14-23-15-28-29(17-23)16-21-9-5-3-6-10-21/h3-12,15,17,20H,13-14,16,18-19H2,1-2H3,(H2,25,26,27). The molecule has 0 radical (unpaired) electrons. The summed E-state index contributed by atoms with van der Waals surface area (Å²) in [5, 5.41) is 11.2. The molecule has 1 atom stereocenters. The number of benzene rings is 2. The van der Waals surface area contributed by atoms with Gasteiger partial charge in [0.05, 0.1) is 26.0 Å². The predicted molar refractivity (Wildman–Crippen MR) is 121 cm³/mol. The molecule has 0 aliphatic carbocycles. The predicted octanol–water partition coefficient (Wildman–Crippen LogP) is 3.45. The normalized spacial score (nSPS) is 12.5. The van der Waals surface area contributed by atoms with Crippen LogP contribution in [0.3, 0.4) is 0 Å². The lowest BCUT2D eigenvalue weighted by molar-refractivity contribution is 0.0931. The molecule has 1 aromatic heterocycles. The number of aliphatic imine (C=N–C) groups is 1. The first-order chi connectivity index (χ1) is 14.7. The third-order valence-electron chi connectivity index (χ3n) is 4.69. The molecule has 2 N–H and O–H groups in total. The summed E-state index contributed by atoms with van der Waals surface area (Å²) in [6.45, 7) is 5.75. The molecule has 0 bridgehead atoms. The summed E-state index contributed by atoms with van der Waals surface area (Å²) in [7, 11) is 1.78. The van der Waals surface area contributed by atoms with E-state index in [1.54, 1.807) is 7.05 Å². The summed E-state index contributed by atoms with van der Waals surface area (Å²) < 4.78 is 7.77. The van der Waals surface area contributed by atoms with Crippen molar-refractivity contribution < 1.29 is 4.74 Å². The number of guanidine groups is 1. The Morgan fingerprint density at radius 2 is 1.70 bits per heavy atom. The first-order valence-electron chi connectivity index (χ1n) is 10.3. The van der Waals surface area contributed by atoms with Crippen molar-refractivity contribution in [1.82, 2.24) is 20.4 Å². The van der Waals surface area contributed by atoms with E-state index in [2.05, 4.69) is 58.1 Å². The molecule has 6 heteroatoms. The minimum atomic E-state index is 0.376. The molecular weight excluding hydrogens is 374 g/mol. The van der Waals surface area contributed by atoms with E-state index in [0.29, 0.717) is 25.7 Å². The number of nitrogens with zero attached hydrogens (tertiary/aromatic N) is 3. The van der Waals surface area contributed by atoms with Crippen molar-refractivity contribution in [3.05, 3.63) is 89.7 Å². The van der Waals surface area contributed by atoms with E-state index in [0.717, 1.165) is 24.6 Å². The molecule has 2 aromatic carbocycles. The van der Waals surface area contributed by atoms with Crippen LogP contribution in [-0.4, -0.2) is 35.9 Å². The average Bonchev–Trinajstić information content (AvgIpc) is 3.22. The van der Waals surface area contributed by atoms with Crippen LogP contribution >= 0.6 is 0 Å². The largest absolute Gasteiger partial charge is 0.376 e. The van der Waals surface area contributed by atoms with Crippen LogP contribution in [0, 0.1) is 5.92 Å². The van der Waals surface area contributed by atoms with E-state index in [-0.39, 0.29) is 0 Å². The number of rotatable bonds is 10. The van der Waals surface area contributed by atoms with Crippen LogP contribution in [0.4, 0.5) is 0 Å². The second-order valence-corrected chi connectivity index (χ2v) is 7.44. The molecule has 1 heterocycles. The molecule has 3 rings (SSSR count). The maximum Gasteiger partial charge on any atom is 0.191 e. The molecule has 0 aliphatic rings. The fourth-order valence-corrected chi connectivity index (χ4v) is 3.04. The van der Waals surface area contributed by atoms with Crippen molar-refractivity contribution in [2.45, 2.75) is 26.6 Å².